The van der Waals surface area contributed by atoms with Gasteiger partial charge < -0.3 is 26.0 Å². The van der Waals surface area contributed by atoms with Crippen LogP contribution in [0, 0.1) is 12.3 Å². The number of likely N-dealkylation sites (tertiary alicyclic amines) is 1. The number of ether oxygens (including phenoxy) is 1. The van der Waals surface area contributed by atoms with Crippen LogP contribution in [-0.4, -0.2) is 50.1 Å². The number of nitrogen functional groups attached to an aromatic ring is 1. The van der Waals surface area contributed by atoms with Crippen LogP contribution in [0.5, 0.6) is 5.75 Å². The summed E-state index contributed by atoms with van der Waals surface area (Å²) in [5.74, 6) is 2.82. The highest BCUT2D eigenvalue weighted by Crippen LogP contribution is 2.29. The van der Waals surface area contributed by atoms with Gasteiger partial charge in [-0.15, -0.1) is 6.42 Å². The highest BCUT2D eigenvalue weighted by atomic mass is 16.5. The van der Waals surface area contributed by atoms with Gasteiger partial charge in [-0.05, 0) is 32.0 Å². The van der Waals surface area contributed by atoms with E-state index in [4.69, 9.17) is 16.9 Å². The smallest absolute Gasteiger partial charge is 0.255 e. The minimum absolute atomic E-state index is 0.139. The molecule has 2 rings (SSSR count). The number of hydrogen-bond acceptors (Lipinski definition) is 5. The number of rotatable bonds is 6. The monoisotopic (exact) mass is 344 g/mol. The van der Waals surface area contributed by atoms with E-state index < -0.39 is 0 Å². The number of methoxy groups -OCH3 is 1. The van der Waals surface area contributed by atoms with Crippen molar-refractivity contribution < 1.29 is 9.53 Å². The predicted octanol–water partition coefficient (Wildman–Crippen LogP) is 1.93. The van der Waals surface area contributed by atoms with Gasteiger partial charge in [0.2, 0.25) is 0 Å². The highest BCUT2D eigenvalue weighted by molar-refractivity contribution is 5.99. The van der Waals surface area contributed by atoms with E-state index in [1.165, 1.54) is 13.5 Å². The maximum atomic E-state index is 12.8. The molecule has 1 amide bonds. The standard InChI is InChI=1S/C19H28N4O2/c1-4-9-21-17-12-18(25-3)15(11-16(17)20)19(24)22-14-8-6-7-10-23(5-2)13-14/h1,11-12,14,21H,5-10,13,20H2,2-3H3,(H,22,24). The van der Waals surface area contributed by atoms with Gasteiger partial charge in [0, 0.05) is 18.7 Å². The third-order valence-electron chi connectivity index (χ3n) is 4.54. The van der Waals surface area contributed by atoms with Crippen molar-refractivity contribution >= 4 is 17.3 Å². The molecule has 4 N–H and O–H groups in total. The van der Waals surface area contributed by atoms with E-state index in [2.05, 4.69) is 28.4 Å². The Hall–Kier alpha value is -2.39. The molecule has 1 aliphatic heterocycles. The summed E-state index contributed by atoms with van der Waals surface area (Å²) in [6, 6.07) is 3.49. The second kappa shape index (κ2) is 9.19. The van der Waals surface area contributed by atoms with Crippen molar-refractivity contribution in [3.8, 4) is 18.1 Å². The number of terminal acetylenes is 1. The van der Waals surface area contributed by atoms with Gasteiger partial charge in [-0.3, -0.25) is 4.79 Å². The summed E-state index contributed by atoms with van der Waals surface area (Å²) < 4.78 is 5.38. The van der Waals surface area contributed by atoms with Crippen molar-refractivity contribution in [2.45, 2.75) is 32.2 Å². The van der Waals surface area contributed by atoms with Crippen LogP contribution in [0.2, 0.25) is 0 Å². The average molecular weight is 344 g/mol. The summed E-state index contributed by atoms with van der Waals surface area (Å²) in [4.78, 5) is 15.1. The third-order valence-corrected chi connectivity index (χ3v) is 4.54. The maximum absolute atomic E-state index is 12.8. The lowest BCUT2D eigenvalue weighted by Crippen LogP contribution is -2.42. The number of amides is 1. The predicted molar refractivity (Wildman–Crippen MR) is 102 cm³/mol. The topological polar surface area (TPSA) is 79.6 Å². The van der Waals surface area contributed by atoms with Gasteiger partial charge in [-0.2, -0.15) is 0 Å². The average Bonchev–Trinajstić information content (AvgIpc) is 2.85. The Labute approximate surface area is 150 Å². The Bertz CT molecular complexity index is 639. The molecule has 1 atom stereocenters. The molecule has 6 nitrogen and oxygen atoms in total. The number of nitrogens with zero attached hydrogens (tertiary/aromatic N) is 1. The first-order valence-corrected chi connectivity index (χ1v) is 8.77. The number of anilines is 2. The summed E-state index contributed by atoms with van der Waals surface area (Å²) >= 11 is 0. The molecule has 136 valence electrons. The zero-order valence-corrected chi connectivity index (χ0v) is 15.1. The minimum Gasteiger partial charge on any atom is -0.496 e. The number of nitrogens with one attached hydrogen (secondary N) is 2. The molecule has 1 heterocycles. The Morgan fingerprint density at radius 1 is 1.48 bits per heavy atom. The van der Waals surface area contributed by atoms with Crippen molar-refractivity contribution in [2.24, 2.45) is 0 Å². The van der Waals surface area contributed by atoms with Crippen LogP contribution in [0.15, 0.2) is 12.1 Å². The number of likely N-dealkylation sites (N-methyl/N-ethyl adjacent to an activating group) is 1. The number of carbonyl (C=O) groups excluding carboxylic acids is 1. The molecule has 1 saturated heterocycles. The fourth-order valence-electron chi connectivity index (χ4n) is 3.13. The first-order chi connectivity index (χ1) is 12.1. The lowest BCUT2D eigenvalue weighted by molar-refractivity contribution is 0.0924. The molecule has 0 radical (unpaired) electrons. The normalized spacial score (nSPS) is 18.0. The third kappa shape index (κ3) is 5.04. The molecule has 1 unspecified atom stereocenters. The van der Waals surface area contributed by atoms with Crippen molar-refractivity contribution in [1.29, 1.82) is 0 Å². The largest absolute Gasteiger partial charge is 0.496 e. The van der Waals surface area contributed by atoms with E-state index in [0.29, 0.717) is 29.2 Å². The lowest BCUT2D eigenvalue weighted by Gasteiger charge is -2.24. The molecule has 1 aromatic rings. The SMILES string of the molecule is C#CCNc1cc(OC)c(C(=O)NC2CCCCN(CC)C2)cc1N. The Balaban J connectivity index is 2.15. The first-order valence-electron chi connectivity index (χ1n) is 8.77. The number of carbonyl (C=O) groups is 1. The molecule has 1 aliphatic rings. The number of benzene rings is 1. The zero-order chi connectivity index (χ0) is 18.2. The van der Waals surface area contributed by atoms with Crippen molar-refractivity contribution in [2.75, 3.05) is 44.3 Å². The van der Waals surface area contributed by atoms with Crippen LogP contribution in [-0.2, 0) is 0 Å². The van der Waals surface area contributed by atoms with E-state index in [1.54, 1.807) is 12.1 Å². The quantitative estimate of drug-likeness (QED) is 0.543. The summed E-state index contributed by atoms with van der Waals surface area (Å²) in [6.07, 6.45) is 8.54. The van der Waals surface area contributed by atoms with Gasteiger partial charge in [-0.1, -0.05) is 19.3 Å². The van der Waals surface area contributed by atoms with E-state index in [1.807, 2.05) is 0 Å². The van der Waals surface area contributed by atoms with Gasteiger partial charge in [0.25, 0.3) is 5.91 Å². The van der Waals surface area contributed by atoms with Gasteiger partial charge in [-0.25, -0.2) is 0 Å². The van der Waals surface area contributed by atoms with Gasteiger partial charge in [0.15, 0.2) is 0 Å². The summed E-state index contributed by atoms with van der Waals surface area (Å²) in [5.41, 5.74) is 7.63. The number of hydrogen-bond donors (Lipinski definition) is 3. The Kier molecular flexibility index (Phi) is 6.96. The molecule has 0 aliphatic carbocycles. The van der Waals surface area contributed by atoms with E-state index in [0.717, 1.165) is 32.5 Å². The van der Waals surface area contributed by atoms with Crippen molar-refractivity contribution in [3.63, 3.8) is 0 Å². The summed E-state index contributed by atoms with van der Waals surface area (Å²) in [7, 11) is 1.54. The first kappa shape index (κ1) is 18.9. The van der Waals surface area contributed by atoms with Crippen LogP contribution < -0.4 is 21.1 Å². The van der Waals surface area contributed by atoms with Crippen LogP contribution in [0.3, 0.4) is 0 Å². The van der Waals surface area contributed by atoms with E-state index >= 15 is 0 Å². The van der Waals surface area contributed by atoms with Crippen molar-refractivity contribution in [3.05, 3.63) is 17.7 Å². The van der Waals surface area contributed by atoms with Crippen LogP contribution in [0.25, 0.3) is 0 Å². The highest BCUT2D eigenvalue weighted by Gasteiger charge is 2.22. The second-order valence-corrected chi connectivity index (χ2v) is 6.26. The molecule has 1 aromatic carbocycles. The second-order valence-electron chi connectivity index (χ2n) is 6.26. The maximum Gasteiger partial charge on any atom is 0.255 e. The molecule has 0 bridgehead atoms. The molecular formula is C19H28N4O2. The Morgan fingerprint density at radius 2 is 2.28 bits per heavy atom. The van der Waals surface area contributed by atoms with E-state index in [-0.39, 0.29) is 11.9 Å². The van der Waals surface area contributed by atoms with Gasteiger partial charge in [0.05, 0.1) is 30.6 Å². The fourth-order valence-corrected chi connectivity index (χ4v) is 3.13. The molecule has 1 fully saturated rings. The Morgan fingerprint density at radius 3 is 2.96 bits per heavy atom. The summed E-state index contributed by atoms with van der Waals surface area (Å²) in [5, 5.41) is 6.16. The van der Waals surface area contributed by atoms with E-state index in [9.17, 15) is 4.79 Å². The van der Waals surface area contributed by atoms with Gasteiger partial charge >= 0.3 is 0 Å². The van der Waals surface area contributed by atoms with Crippen LogP contribution in [0.1, 0.15) is 36.5 Å². The fraction of sp³-hybridized carbons (Fsp3) is 0.526. The molecule has 0 aromatic heterocycles. The zero-order valence-electron chi connectivity index (χ0n) is 15.1. The molecular weight excluding hydrogens is 316 g/mol. The van der Waals surface area contributed by atoms with Crippen LogP contribution >= 0.6 is 0 Å². The molecule has 6 heteroatoms. The van der Waals surface area contributed by atoms with Crippen molar-refractivity contribution in [1.82, 2.24) is 10.2 Å². The molecule has 0 spiro atoms. The summed E-state index contributed by atoms with van der Waals surface area (Å²) in [6.45, 7) is 5.47. The van der Waals surface area contributed by atoms with Crippen LogP contribution in [0.4, 0.5) is 11.4 Å². The molecule has 0 saturated carbocycles. The van der Waals surface area contributed by atoms with Gasteiger partial charge in [0.1, 0.15) is 5.75 Å². The lowest BCUT2D eigenvalue weighted by atomic mass is 10.1. The minimum atomic E-state index is -0.157. The molecule has 25 heavy (non-hydrogen) atoms. The number of nitrogens with two attached hydrogens (primary N) is 1.